The summed E-state index contributed by atoms with van der Waals surface area (Å²) in [7, 11) is 0. The topological polar surface area (TPSA) is 56.0 Å². The van der Waals surface area contributed by atoms with Crippen LogP contribution in [0.25, 0.3) is 0 Å². The van der Waals surface area contributed by atoms with Crippen LogP contribution in [-0.2, 0) is 11.2 Å². The first kappa shape index (κ1) is 13.2. The van der Waals surface area contributed by atoms with Crippen molar-refractivity contribution >= 4 is 5.78 Å². The smallest absolute Gasteiger partial charge is 0.136 e. The first-order valence-electron chi connectivity index (χ1n) is 6.68. The van der Waals surface area contributed by atoms with E-state index < -0.39 is 0 Å². The van der Waals surface area contributed by atoms with Crippen LogP contribution < -0.4 is 0 Å². The summed E-state index contributed by atoms with van der Waals surface area (Å²) >= 11 is 0. The first-order chi connectivity index (χ1) is 8.38. The van der Waals surface area contributed by atoms with E-state index in [1.54, 1.807) is 0 Å². The lowest BCUT2D eigenvalue weighted by atomic mass is 9.68. The molecule has 0 N–H and O–H groups in total. The van der Waals surface area contributed by atoms with Crippen LogP contribution in [0.2, 0.25) is 0 Å². The van der Waals surface area contributed by atoms with E-state index in [0.29, 0.717) is 24.5 Å². The lowest BCUT2D eigenvalue weighted by Crippen LogP contribution is -2.33. The number of aryl methyl sites for hydroxylation is 1. The van der Waals surface area contributed by atoms with E-state index in [1.807, 2.05) is 6.92 Å². The third kappa shape index (κ3) is 2.79. The molecule has 1 aromatic heterocycles. The molecule has 1 fully saturated rings. The van der Waals surface area contributed by atoms with Gasteiger partial charge >= 0.3 is 0 Å². The highest BCUT2D eigenvalue weighted by Crippen LogP contribution is 2.39. The lowest BCUT2D eigenvalue weighted by Gasteiger charge is -2.36. The molecule has 0 aromatic carbocycles. The molecule has 1 heterocycles. The molecule has 100 valence electrons. The van der Waals surface area contributed by atoms with Crippen LogP contribution in [0.5, 0.6) is 0 Å². The van der Waals surface area contributed by atoms with Gasteiger partial charge in [0.1, 0.15) is 17.2 Å². The van der Waals surface area contributed by atoms with Crippen molar-refractivity contribution in [3.8, 4) is 0 Å². The van der Waals surface area contributed by atoms with Crippen molar-refractivity contribution in [2.24, 2.45) is 17.3 Å². The van der Waals surface area contributed by atoms with Gasteiger partial charge in [0.2, 0.25) is 0 Å². The molecule has 1 saturated carbocycles. The second-order valence-corrected chi connectivity index (χ2v) is 6.50. The number of carbonyl (C=O) groups excluding carboxylic acids is 1. The zero-order valence-corrected chi connectivity index (χ0v) is 11.7. The molecule has 0 aliphatic heterocycles. The van der Waals surface area contributed by atoms with E-state index in [2.05, 4.69) is 31.1 Å². The predicted octanol–water partition coefficient (Wildman–Crippen LogP) is 2.95. The van der Waals surface area contributed by atoms with Gasteiger partial charge in [-0.2, -0.15) is 0 Å². The molecule has 0 saturated heterocycles. The van der Waals surface area contributed by atoms with Gasteiger partial charge in [-0.05, 0) is 31.1 Å². The normalized spacial score (nSPS) is 25.4. The Morgan fingerprint density at radius 2 is 2.06 bits per heavy atom. The van der Waals surface area contributed by atoms with Gasteiger partial charge in [-0.3, -0.25) is 4.79 Å². The fourth-order valence-electron chi connectivity index (χ4n) is 2.77. The molecule has 1 aliphatic rings. The van der Waals surface area contributed by atoms with Gasteiger partial charge in [0, 0.05) is 18.8 Å². The Kier molecular flexibility index (Phi) is 3.55. The number of carbonyl (C=O) groups is 1. The van der Waals surface area contributed by atoms with E-state index in [-0.39, 0.29) is 11.3 Å². The van der Waals surface area contributed by atoms with E-state index >= 15 is 0 Å². The zero-order chi connectivity index (χ0) is 13.3. The van der Waals surface area contributed by atoms with Crippen molar-refractivity contribution in [1.29, 1.82) is 0 Å². The molecule has 4 nitrogen and oxygen atoms in total. The van der Waals surface area contributed by atoms with Gasteiger partial charge in [-0.25, -0.2) is 4.63 Å². The van der Waals surface area contributed by atoms with Crippen molar-refractivity contribution in [1.82, 2.24) is 10.3 Å². The zero-order valence-electron chi connectivity index (χ0n) is 11.7. The van der Waals surface area contributed by atoms with Crippen molar-refractivity contribution < 1.29 is 9.42 Å². The fraction of sp³-hybridized carbons (Fsp3) is 0.786. The maximum atomic E-state index is 12.0. The summed E-state index contributed by atoms with van der Waals surface area (Å²) in [5.74, 6) is 1.08. The molecule has 0 radical (unpaired) electrons. The molecule has 2 atom stereocenters. The molecule has 1 aromatic rings. The summed E-state index contributed by atoms with van der Waals surface area (Å²) in [5.41, 5.74) is 1.92. The van der Waals surface area contributed by atoms with Gasteiger partial charge in [-0.15, -0.1) is 0 Å². The Bertz CT molecular complexity index is 431. The highest BCUT2D eigenvalue weighted by Gasteiger charge is 2.35. The summed E-state index contributed by atoms with van der Waals surface area (Å²) in [6, 6.07) is 0. The minimum Gasteiger partial charge on any atom is -0.299 e. The van der Waals surface area contributed by atoms with Gasteiger partial charge < -0.3 is 0 Å². The molecule has 2 unspecified atom stereocenters. The minimum atomic E-state index is 0.0913. The Hall–Kier alpha value is -1.19. The molecule has 0 amide bonds. The Labute approximate surface area is 108 Å². The van der Waals surface area contributed by atoms with Gasteiger partial charge in [-0.1, -0.05) is 31.1 Å². The summed E-state index contributed by atoms with van der Waals surface area (Å²) < 4.78 is 4.70. The number of nitrogens with zero attached hydrogens (tertiary/aromatic N) is 2. The van der Waals surface area contributed by atoms with Crippen molar-refractivity contribution in [3.05, 3.63) is 11.4 Å². The van der Waals surface area contributed by atoms with Crippen LogP contribution in [0.3, 0.4) is 0 Å². The summed E-state index contributed by atoms with van der Waals surface area (Å²) in [4.78, 5) is 12.0. The minimum absolute atomic E-state index is 0.0913. The average molecular weight is 250 g/mol. The molecular weight excluding hydrogens is 228 g/mol. The van der Waals surface area contributed by atoms with Gasteiger partial charge in [0.15, 0.2) is 0 Å². The summed E-state index contributed by atoms with van der Waals surface area (Å²) in [6.45, 7) is 8.65. The van der Waals surface area contributed by atoms with Crippen molar-refractivity contribution in [2.45, 2.75) is 53.4 Å². The van der Waals surface area contributed by atoms with Crippen molar-refractivity contribution in [2.75, 3.05) is 0 Å². The molecule has 0 spiro atoms. The third-order valence-electron chi connectivity index (χ3n) is 4.17. The summed E-state index contributed by atoms with van der Waals surface area (Å²) in [5, 5.41) is 7.67. The fourth-order valence-corrected chi connectivity index (χ4v) is 2.77. The highest BCUT2D eigenvalue weighted by molar-refractivity contribution is 5.82. The number of rotatable bonds is 2. The van der Waals surface area contributed by atoms with Crippen molar-refractivity contribution in [3.63, 3.8) is 0 Å². The van der Waals surface area contributed by atoms with Crippen LogP contribution in [0, 0.1) is 24.2 Å². The monoisotopic (exact) mass is 250 g/mol. The van der Waals surface area contributed by atoms with Crippen LogP contribution in [0.4, 0.5) is 0 Å². The van der Waals surface area contributed by atoms with Gasteiger partial charge in [0.25, 0.3) is 0 Å². The number of Topliss-reactive ketones (excluding diaryl/α,β-unsaturated/α-hetero) is 1. The SMILES string of the molecule is Cc1nonc1CC1CC(C(C)(C)C)CCC1=O. The lowest BCUT2D eigenvalue weighted by molar-refractivity contribution is -0.126. The third-order valence-corrected chi connectivity index (χ3v) is 4.17. The second kappa shape index (κ2) is 4.82. The molecule has 2 rings (SSSR count). The molecular formula is C14H22N2O2. The number of ketones is 1. The van der Waals surface area contributed by atoms with Crippen LogP contribution in [-0.4, -0.2) is 16.1 Å². The van der Waals surface area contributed by atoms with Crippen LogP contribution >= 0.6 is 0 Å². The first-order valence-corrected chi connectivity index (χ1v) is 6.68. The van der Waals surface area contributed by atoms with Crippen LogP contribution in [0.1, 0.15) is 51.4 Å². The van der Waals surface area contributed by atoms with E-state index in [9.17, 15) is 4.79 Å². The quantitative estimate of drug-likeness (QED) is 0.809. The second-order valence-electron chi connectivity index (χ2n) is 6.50. The maximum absolute atomic E-state index is 12.0. The Morgan fingerprint density at radius 1 is 1.33 bits per heavy atom. The number of aromatic nitrogens is 2. The van der Waals surface area contributed by atoms with E-state index in [0.717, 1.165) is 24.2 Å². The molecule has 1 aliphatic carbocycles. The summed E-state index contributed by atoms with van der Waals surface area (Å²) in [6.07, 6.45) is 3.38. The average Bonchev–Trinajstić information content (AvgIpc) is 2.66. The van der Waals surface area contributed by atoms with Crippen LogP contribution in [0.15, 0.2) is 4.63 Å². The number of hydrogen-bond acceptors (Lipinski definition) is 4. The number of hydrogen-bond donors (Lipinski definition) is 0. The Balaban J connectivity index is 2.07. The predicted molar refractivity (Wildman–Crippen MR) is 68.0 cm³/mol. The standard InChI is InChI=1S/C14H22N2O2/c1-9-12(16-18-15-9)8-10-7-11(14(2,3)4)5-6-13(10)17/h10-11H,5-8H2,1-4H3. The maximum Gasteiger partial charge on any atom is 0.136 e. The Morgan fingerprint density at radius 3 is 2.61 bits per heavy atom. The molecule has 0 bridgehead atoms. The largest absolute Gasteiger partial charge is 0.299 e. The van der Waals surface area contributed by atoms with Gasteiger partial charge in [0.05, 0.1) is 0 Å². The molecule has 18 heavy (non-hydrogen) atoms. The highest BCUT2D eigenvalue weighted by atomic mass is 16.6. The van der Waals surface area contributed by atoms with E-state index in [1.165, 1.54) is 0 Å². The molecule has 4 heteroatoms. The van der Waals surface area contributed by atoms with E-state index in [4.69, 9.17) is 4.63 Å².